The van der Waals surface area contributed by atoms with Crippen LogP contribution in [0.1, 0.15) is 13.3 Å². The number of allylic oxidation sites excluding steroid dienone is 1. The molecule has 0 spiro atoms. The van der Waals surface area contributed by atoms with Crippen LogP contribution in [0.15, 0.2) is 12.7 Å². The van der Waals surface area contributed by atoms with E-state index in [0.717, 1.165) is 6.08 Å². The normalized spacial score (nSPS) is 16.8. The summed E-state index contributed by atoms with van der Waals surface area (Å²) >= 11 is 0. The molecule has 12 heavy (non-hydrogen) atoms. The fraction of sp³-hybridized carbons (Fsp3) is 0.571. The van der Waals surface area contributed by atoms with Gasteiger partial charge in [0.25, 0.3) is 0 Å². The molecule has 0 aliphatic carbocycles. The van der Waals surface area contributed by atoms with Crippen molar-refractivity contribution in [2.45, 2.75) is 25.1 Å². The number of carbonyl (C=O) groups is 1. The molecule has 1 atom stereocenters. The Balaban J connectivity index is 4.43. The van der Waals surface area contributed by atoms with Gasteiger partial charge in [0.2, 0.25) is 0 Å². The van der Waals surface area contributed by atoms with Crippen molar-refractivity contribution in [1.29, 1.82) is 0 Å². The predicted molar refractivity (Wildman–Crippen MR) is 36.5 cm³/mol. The third-order valence-electron chi connectivity index (χ3n) is 1.36. The van der Waals surface area contributed by atoms with E-state index in [1.807, 2.05) is 0 Å². The average Bonchev–Trinajstić information content (AvgIpc) is 1.84. The van der Waals surface area contributed by atoms with Crippen LogP contribution in [0.3, 0.4) is 0 Å². The molecule has 0 saturated heterocycles. The zero-order chi connectivity index (χ0) is 9.99. The molecule has 0 aliphatic heterocycles. The van der Waals surface area contributed by atoms with Crippen LogP contribution in [0.4, 0.5) is 13.2 Å². The minimum Gasteiger partial charge on any atom is -0.380 e. The number of halogens is 3. The maximum absolute atomic E-state index is 11.9. The number of alkyl halides is 3. The van der Waals surface area contributed by atoms with E-state index >= 15 is 0 Å². The van der Waals surface area contributed by atoms with Gasteiger partial charge in [-0.2, -0.15) is 13.2 Å². The fourth-order valence-corrected chi connectivity index (χ4v) is 0.512. The highest BCUT2D eigenvalue weighted by molar-refractivity contribution is 5.89. The van der Waals surface area contributed by atoms with Gasteiger partial charge in [0.1, 0.15) is 0 Å². The molecule has 0 bridgehead atoms. The van der Waals surface area contributed by atoms with Gasteiger partial charge in [-0.15, -0.1) is 0 Å². The Morgan fingerprint density at radius 3 is 2.25 bits per heavy atom. The maximum atomic E-state index is 11.9. The third kappa shape index (κ3) is 2.65. The largest absolute Gasteiger partial charge is 0.417 e. The molecule has 0 radical (unpaired) electrons. The van der Waals surface area contributed by atoms with E-state index in [-0.39, 0.29) is 0 Å². The van der Waals surface area contributed by atoms with Gasteiger partial charge in [0.15, 0.2) is 11.4 Å². The number of hydrogen-bond acceptors (Lipinski definition) is 2. The molecule has 0 aromatic heterocycles. The number of rotatable bonds is 3. The molecular formula is C7H9F3O2. The van der Waals surface area contributed by atoms with Crippen LogP contribution in [0.25, 0.3) is 0 Å². The van der Waals surface area contributed by atoms with E-state index in [4.69, 9.17) is 5.11 Å². The van der Waals surface area contributed by atoms with Crippen LogP contribution in [0, 0.1) is 0 Å². The molecule has 0 aromatic rings. The van der Waals surface area contributed by atoms with E-state index in [1.165, 1.54) is 0 Å². The van der Waals surface area contributed by atoms with E-state index < -0.39 is 24.0 Å². The van der Waals surface area contributed by atoms with Crippen LogP contribution >= 0.6 is 0 Å². The number of carbonyl (C=O) groups excluding carboxylic acids is 1. The molecule has 0 amide bonds. The Bertz CT molecular complexity index is 193. The molecule has 1 unspecified atom stereocenters. The van der Waals surface area contributed by atoms with Gasteiger partial charge in [-0.1, -0.05) is 6.58 Å². The quantitative estimate of drug-likeness (QED) is 0.670. The lowest BCUT2D eigenvalue weighted by Crippen LogP contribution is -2.43. The van der Waals surface area contributed by atoms with E-state index in [9.17, 15) is 18.0 Å². The first-order chi connectivity index (χ1) is 5.20. The minimum atomic E-state index is -4.79. The standard InChI is InChI=1S/C7H9F3O2/c1-3-5(11)4-6(2,12)7(8,9)10/h3,12H,1,4H2,2H3. The smallest absolute Gasteiger partial charge is 0.380 e. The molecule has 1 N–H and O–H groups in total. The number of aliphatic hydroxyl groups is 1. The van der Waals surface area contributed by atoms with Crippen LogP contribution in [-0.4, -0.2) is 22.7 Å². The van der Waals surface area contributed by atoms with Gasteiger partial charge in [0, 0.05) is 6.42 Å². The lowest BCUT2D eigenvalue weighted by molar-refractivity contribution is -0.252. The lowest BCUT2D eigenvalue weighted by atomic mass is 9.99. The summed E-state index contributed by atoms with van der Waals surface area (Å²) in [6, 6.07) is 0. The van der Waals surface area contributed by atoms with Gasteiger partial charge >= 0.3 is 6.18 Å². The summed E-state index contributed by atoms with van der Waals surface area (Å²) in [5, 5.41) is 8.76. The van der Waals surface area contributed by atoms with Gasteiger partial charge in [-0.25, -0.2) is 0 Å². The van der Waals surface area contributed by atoms with Gasteiger partial charge in [-0.3, -0.25) is 4.79 Å². The minimum absolute atomic E-state index is 0.550. The van der Waals surface area contributed by atoms with Crippen LogP contribution in [0.5, 0.6) is 0 Å². The van der Waals surface area contributed by atoms with Crippen molar-refractivity contribution in [2.24, 2.45) is 0 Å². The molecule has 70 valence electrons. The summed E-state index contributed by atoms with van der Waals surface area (Å²) in [4.78, 5) is 10.5. The Labute approximate surface area is 67.7 Å². The van der Waals surface area contributed by atoms with Crippen molar-refractivity contribution in [1.82, 2.24) is 0 Å². The van der Waals surface area contributed by atoms with Gasteiger partial charge in [0.05, 0.1) is 0 Å². The average molecular weight is 182 g/mol. The lowest BCUT2D eigenvalue weighted by Gasteiger charge is -2.24. The zero-order valence-corrected chi connectivity index (χ0v) is 6.48. The number of ketones is 1. The second-order valence-electron chi connectivity index (χ2n) is 2.62. The highest BCUT2D eigenvalue weighted by Gasteiger charge is 2.50. The molecule has 0 rings (SSSR count). The molecule has 2 nitrogen and oxygen atoms in total. The van der Waals surface area contributed by atoms with Crippen molar-refractivity contribution in [3.8, 4) is 0 Å². The predicted octanol–water partition coefficient (Wildman–Crippen LogP) is 1.44. The molecule has 0 aliphatic rings. The molecule has 0 heterocycles. The second-order valence-corrected chi connectivity index (χ2v) is 2.62. The summed E-state index contributed by atoms with van der Waals surface area (Å²) < 4.78 is 35.7. The first-order valence-corrected chi connectivity index (χ1v) is 3.15. The summed E-state index contributed by atoms with van der Waals surface area (Å²) in [6.07, 6.45) is -5.02. The molecule has 5 heteroatoms. The van der Waals surface area contributed by atoms with Crippen LogP contribution in [-0.2, 0) is 4.79 Å². The molecule has 0 fully saturated rings. The first-order valence-electron chi connectivity index (χ1n) is 3.15. The fourth-order valence-electron chi connectivity index (χ4n) is 0.512. The van der Waals surface area contributed by atoms with Crippen LogP contribution < -0.4 is 0 Å². The van der Waals surface area contributed by atoms with E-state index in [0.29, 0.717) is 6.92 Å². The molecule has 0 aromatic carbocycles. The van der Waals surface area contributed by atoms with E-state index in [2.05, 4.69) is 6.58 Å². The highest BCUT2D eigenvalue weighted by Crippen LogP contribution is 2.32. The highest BCUT2D eigenvalue weighted by atomic mass is 19.4. The Morgan fingerprint density at radius 2 is 2.00 bits per heavy atom. The van der Waals surface area contributed by atoms with Crippen molar-refractivity contribution >= 4 is 5.78 Å². The van der Waals surface area contributed by atoms with Crippen LogP contribution in [0.2, 0.25) is 0 Å². The number of hydrogen-bond donors (Lipinski definition) is 1. The Morgan fingerprint density at radius 1 is 1.58 bits per heavy atom. The van der Waals surface area contributed by atoms with Gasteiger partial charge < -0.3 is 5.11 Å². The van der Waals surface area contributed by atoms with Crippen molar-refractivity contribution in [2.75, 3.05) is 0 Å². The monoisotopic (exact) mass is 182 g/mol. The second kappa shape index (κ2) is 3.26. The molecule has 0 saturated carbocycles. The summed E-state index contributed by atoms with van der Waals surface area (Å²) in [5.41, 5.74) is -2.96. The van der Waals surface area contributed by atoms with Gasteiger partial charge in [-0.05, 0) is 13.0 Å². The molecular weight excluding hydrogens is 173 g/mol. The first kappa shape index (κ1) is 11.2. The van der Waals surface area contributed by atoms with Crippen molar-refractivity contribution < 1.29 is 23.1 Å². The summed E-state index contributed by atoms with van der Waals surface area (Å²) in [7, 11) is 0. The Kier molecular flexibility index (Phi) is 3.04. The van der Waals surface area contributed by atoms with Crippen molar-refractivity contribution in [3.63, 3.8) is 0 Å². The topological polar surface area (TPSA) is 37.3 Å². The Hall–Kier alpha value is -0.840. The maximum Gasteiger partial charge on any atom is 0.417 e. The van der Waals surface area contributed by atoms with Crippen molar-refractivity contribution in [3.05, 3.63) is 12.7 Å². The summed E-state index contributed by atoms with van der Waals surface area (Å²) in [6.45, 7) is 3.55. The summed E-state index contributed by atoms with van der Waals surface area (Å²) in [5.74, 6) is -0.836. The SMILES string of the molecule is C=CC(=O)CC(C)(O)C(F)(F)F. The van der Waals surface area contributed by atoms with E-state index in [1.54, 1.807) is 0 Å². The zero-order valence-electron chi connectivity index (χ0n) is 6.48. The third-order valence-corrected chi connectivity index (χ3v) is 1.36.